The summed E-state index contributed by atoms with van der Waals surface area (Å²) < 4.78 is 0. The Morgan fingerprint density at radius 2 is 2.57 bits per heavy atom. The Labute approximate surface area is 50.0 Å². The largest absolute Gasteiger partial charge is 0.179 e. The van der Waals surface area contributed by atoms with Crippen LogP contribution in [-0.4, -0.2) is 5.75 Å². The van der Waals surface area contributed by atoms with Crippen molar-refractivity contribution in [2.45, 2.75) is 12.8 Å². The van der Waals surface area contributed by atoms with E-state index in [0.29, 0.717) is 0 Å². The van der Waals surface area contributed by atoms with Crippen LogP contribution in [-0.2, 0) is 0 Å². The van der Waals surface area contributed by atoms with Gasteiger partial charge in [-0.1, -0.05) is 12.2 Å². The van der Waals surface area contributed by atoms with Crippen LogP contribution < -0.4 is 0 Å². The lowest BCUT2D eigenvalue weighted by Crippen LogP contribution is -1.90. The van der Waals surface area contributed by atoms with E-state index >= 15 is 0 Å². The Hall–Kier alpha value is 0.0900. The van der Waals surface area contributed by atoms with Crippen molar-refractivity contribution in [2.24, 2.45) is 5.92 Å². The second kappa shape index (κ2) is 2.41. The molecule has 0 nitrogen and oxygen atoms in total. The van der Waals surface area contributed by atoms with Crippen molar-refractivity contribution in [3.63, 3.8) is 0 Å². The molecule has 1 rings (SSSR count). The molecule has 7 heavy (non-hydrogen) atoms. The van der Waals surface area contributed by atoms with E-state index in [1.807, 2.05) is 0 Å². The van der Waals surface area contributed by atoms with Crippen molar-refractivity contribution in [3.8, 4) is 0 Å². The number of hydrogen-bond acceptors (Lipinski definition) is 1. The highest BCUT2D eigenvalue weighted by Gasteiger charge is 2.04. The van der Waals surface area contributed by atoms with Crippen molar-refractivity contribution in [1.29, 1.82) is 0 Å². The van der Waals surface area contributed by atoms with E-state index in [-0.39, 0.29) is 0 Å². The lowest BCUT2D eigenvalue weighted by atomic mass is 10.2. The van der Waals surface area contributed by atoms with Gasteiger partial charge in [0.15, 0.2) is 0 Å². The van der Waals surface area contributed by atoms with Gasteiger partial charge in [0.25, 0.3) is 0 Å². The van der Waals surface area contributed by atoms with E-state index in [4.69, 9.17) is 0 Å². The molecule has 0 unspecified atom stereocenters. The fourth-order valence-electron chi connectivity index (χ4n) is 0.847. The molecule has 0 fully saturated rings. The molecule has 0 spiro atoms. The molecule has 0 bridgehead atoms. The zero-order chi connectivity index (χ0) is 5.11. The molecule has 1 heteroatoms. The zero-order valence-electron chi connectivity index (χ0n) is 4.30. The lowest BCUT2D eigenvalue weighted by molar-refractivity contribution is 0.714. The van der Waals surface area contributed by atoms with Crippen molar-refractivity contribution in [2.75, 3.05) is 5.75 Å². The van der Waals surface area contributed by atoms with Crippen LogP contribution in [0.1, 0.15) is 12.8 Å². The normalized spacial score (nSPS) is 29.0. The smallest absolute Gasteiger partial charge is 0.00347 e. The second-order valence-electron chi connectivity index (χ2n) is 1.95. The molecule has 0 aromatic heterocycles. The Morgan fingerprint density at radius 1 is 1.71 bits per heavy atom. The molecular formula is C6H10S. The molecule has 1 aliphatic rings. The predicted molar refractivity (Wildman–Crippen MR) is 35.7 cm³/mol. The molecule has 0 N–H and O–H groups in total. The van der Waals surface area contributed by atoms with Crippen LogP contribution in [0.3, 0.4) is 0 Å². The van der Waals surface area contributed by atoms with Gasteiger partial charge in [0, 0.05) is 0 Å². The average Bonchev–Trinajstić information content (AvgIpc) is 2.14. The highest BCUT2D eigenvalue weighted by Crippen LogP contribution is 2.16. The molecule has 0 amide bonds. The molecule has 0 saturated heterocycles. The number of allylic oxidation sites excluding steroid dienone is 2. The zero-order valence-corrected chi connectivity index (χ0v) is 5.20. The first-order valence-corrected chi connectivity index (χ1v) is 3.34. The summed E-state index contributed by atoms with van der Waals surface area (Å²) >= 11 is 4.16. The molecule has 0 aliphatic heterocycles. The van der Waals surface area contributed by atoms with E-state index in [0.717, 1.165) is 11.7 Å². The maximum absolute atomic E-state index is 4.16. The van der Waals surface area contributed by atoms with Gasteiger partial charge < -0.3 is 0 Å². The Morgan fingerprint density at radius 3 is 2.86 bits per heavy atom. The SMILES string of the molecule is SC[C@H]1C=CCC1. The summed E-state index contributed by atoms with van der Waals surface area (Å²) in [4.78, 5) is 0. The fraction of sp³-hybridized carbons (Fsp3) is 0.667. The topological polar surface area (TPSA) is 0 Å². The van der Waals surface area contributed by atoms with Crippen molar-refractivity contribution < 1.29 is 0 Å². The molecule has 1 aliphatic carbocycles. The highest BCUT2D eigenvalue weighted by atomic mass is 32.1. The molecular weight excluding hydrogens is 104 g/mol. The molecule has 0 saturated carbocycles. The Balaban J connectivity index is 2.28. The lowest BCUT2D eigenvalue weighted by Gasteiger charge is -1.97. The third-order valence-corrected chi connectivity index (χ3v) is 1.82. The summed E-state index contributed by atoms with van der Waals surface area (Å²) in [6.07, 6.45) is 7.09. The van der Waals surface area contributed by atoms with Crippen LogP contribution in [0.2, 0.25) is 0 Å². The number of thiol groups is 1. The first-order valence-electron chi connectivity index (χ1n) is 2.71. The minimum atomic E-state index is 0.781. The summed E-state index contributed by atoms with van der Waals surface area (Å²) in [5, 5.41) is 0. The van der Waals surface area contributed by atoms with Gasteiger partial charge in [-0.05, 0) is 24.5 Å². The van der Waals surface area contributed by atoms with E-state index in [9.17, 15) is 0 Å². The summed E-state index contributed by atoms with van der Waals surface area (Å²) in [6.45, 7) is 0. The van der Waals surface area contributed by atoms with Crippen LogP contribution in [0.4, 0.5) is 0 Å². The summed E-state index contributed by atoms with van der Waals surface area (Å²) in [6, 6.07) is 0. The minimum Gasteiger partial charge on any atom is -0.179 e. The predicted octanol–water partition coefficient (Wildman–Crippen LogP) is 1.88. The summed E-state index contributed by atoms with van der Waals surface area (Å²) in [7, 11) is 0. The third kappa shape index (κ3) is 1.23. The third-order valence-electron chi connectivity index (χ3n) is 1.35. The quantitative estimate of drug-likeness (QED) is 0.390. The van der Waals surface area contributed by atoms with Gasteiger partial charge in [-0.25, -0.2) is 0 Å². The highest BCUT2D eigenvalue weighted by molar-refractivity contribution is 7.80. The van der Waals surface area contributed by atoms with Gasteiger partial charge >= 0.3 is 0 Å². The molecule has 40 valence electrons. The summed E-state index contributed by atoms with van der Waals surface area (Å²) in [5.41, 5.74) is 0. The van der Waals surface area contributed by atoms with Crippen LogP contribution >= 0.6 is 12.6 Å². The van der Waals surface area contributed by atoms with E-state index in [1.165, 1.54) is 12.8 Å². The van der Waals surface area contributed by atoms with E-state index < -0.39 is 0 Å². The molecule has 0 aromatic rings. The van der Waals surface area contributed by atoms with Crippen molar-refractivity contribution in [1.82, 2.24) is 0 Å². The van der Waals surface area contributed by atoms with Gasteiger partial charge in [0.05, 0.1) is 0 Å². The Bertz CT molecular complexity index is 76.2. The molecule has 0 heterocycles. The monoisotopic (exact) mass is 114 g/mol. The van der Waals surface area contributed by atoms with Gasteiger partial charge in [-0.15, -0.1) is 0 Å². The van der Waals surface area contributed by atoms with Gasteiger partial charge in [0.1, 0.15) is 0 Å². The first-order chi connectivity index (χ1) is 3.43. The maximum atomic E-state index is 4.16. The molecule has 0 aromatic carbocycles. The van der Waals surface area contributed by atoms with Gasteiger partial charge in [0.2, 0.25) is 0 Å². The first kappa shape index (κ1) is 5.23. The van der Waals surface area contributed by atoms with Crippen molar-refractivity contribution >= 4 is 12.6 Å². The standard InChI is InChI=1S/C6H10S/c7-5-6-3-1-2-4-6/h1,3,6-7H,2,4-5H2/t6-/m0/s1. The minimum absolute atomic E-state index is 0.781. The summed E-state index contributed by atoms with van der Waals surface area (Å²) in [5.74, 6) is 1.81. The van der Waals surface area contributed by atoms with Crippen LogP contribution in [0.25, 0.3) is 0 Å². The molecule has 1 atom stereocenters. The number of hydrogen-bond donors (Lipinski definition) is 1. The van der Waals surface area contributed by atoms with E-state index in [2.05, 4.69) is 24.8 Å². The average molecular weight is 114 g/mol. The second-order valence-corrected chi connectivity index (χ2v) is 2.31. The van der Waals surface area contributed by atoms with Gasteiger partial charge in [-0.2, -0.15) is 12.6 Å². The fourth-order valence-corrected chi connectivity index (χ4v) is 1.15. The van der Waals surface area contributed by atoms with Gasteiger partial charge in [-0.3, -0.25) is 0 Å². The maximum Gasteiger partial charge on any atom is -0.00347 e. The molecule has 0 radical (unpaired) electrons. The van der Waals surface area contributed by atoms with Crippen LogP contribution in [0.5, 0.6) is 0 Å². The van der Waals surface area contributed by atoms with Crippen LogP contribution in [0.15, 0.2) is 12.2 Å². The van der Waals surface area contributed by atoms with Crippen molar-refractivity contribution in [3.05, 3.63) is 12.2 Å². The Kier molecular flexibility index (Phi) is 1.80. The number of rotatable bonds is 1. The van der Waals surface area contributed by atoms with Crippen LogP contribution in [0, 0.1) is 5.92 Å². The van der Waals surface area contributed by atoms with E-state index in [1.54, 1.807) is 0 Å².